The molecule has 78 valence electrons. The van der Waals surface area contributed by atoms with Gasteiger partial charge in [0.25, 0.3) is 0 Å². The predicted molar refractivity (Wildman–Crippen MR) is 59.3 cm³/mol. The van der Waals surface area contributed by atoms with Crippen LogP contribution >= 0.6 is 0 Å². The Morgan fingerprint density at radius 2 is 1.93 bits per heavy atom. The minimum Gasteiger partial charge on any atom is -0.383 e. The zero-order valence-corrected chi connectivity index (χ0v) is 9.46. The van der Waals surface area contributed by atoms with Gasteiger partial charge in [-0.25, -0.2) is 9.97 Å². The second kappa shape index (κ2) is 4.40. The summed E-state index contributed by atoms with van der Waals surface area (Å²) in [5.74, 6) is 1.91. The number of anilines is 1. The molecule has 0 spiro atoms. The van der Waals surface area contributed by atoms with Crippen molar-refractivity contribution < 1.29 is 0 Å². The topological polar surface area (TPSA) is 51.8 Å². The van der Waals surface area contributed by atoms with Gasteiger partial charge in [0.15, 0.2) is 0 Å². The normalized spacial score (nSPS) is 10.9. The van der Waals surface area contributed by atoms with Crippen LogP contribution in [-0.2, 0) is 6.42 Å². The van der Waals surface area contributed by atoms with E-state index in [0.717, 1.165) is 29.9 Å². The van der Waals surface area contributed by atoms with Gasteiger partial charge in [0.2, 0.25) is 0 Å². The maximum atomic E-state index is 5.90. The Hall–Kier alpha value is -1.12. The third-order valence-electron chi connectivity index (χ3n) is 2.26. The third-order valence-corrected chi connectivity index (χ3v) is 2.26. The number of nitrogen functional groups attached to an aromatic ring is 1. The molecule has 1 aromatic rings. The first-order valence-electron chi connectivity index (χ1n) is 5.19. The zero-order chi connectivity index (χ0) is 10.7. The van der Waals surface area contributed by atoms with Crippen molar-refractivity contribution in [3.63, 3.8) is 0 Å². The van der Waals surface area contributed by atoms with Gasteiger partial charge in [-0.1, -0.05) is 20.8 Å². The van der Waals surface area contributed by atoms with Crippen molar-refractivity contribution in [2.75, 3.05) is 5.73 Å². The molecule has 0 aromatic carbocycles. The van der Waals surface area contributed by atoms with Gasteiger partial charge in [0, 0.05) is 17.7 Å². The average Bonchev–Trinajstić information content (AvgIpc) is 2.01. The summed E-state index contributed by atoms with van der Waals surface area (Å²) in [7, 11) is 0. The molecule has 0 fully saturated rings. The van der Waals surface area contributed by atoms with Crippen LogP contribution in [-0.4, -0.2) is 9.97 Å². The van der Waals surface area contributed by atoms with Crippen molar-refractivity contribution in [3.8, 4) is 0 Å². The van der Waals surface area contributed by atoms with Crippen molar-refractivity contribution in [2.24, 2.45) is 0 Å². The fourth-order valence-electron chi connectivity index (χ4n) is 1.71. The molecule has 0 saturated heterocycles. The molecule has 3 heteroatoms. The second-order valence-corrected chi connectivity index (χ2v) is 3.93. The molecule has 0 atom stereocenters. The fraction of sp³-hybridized carbons (Fsp3) is 0.636. The minimum atomic E-state index is 0.394. The van der Waals surface area contributed by atoms with E-state index in [-0.39, 0.29) is 0 Å². The summed E-state index contributed by atoms with van der Waals surface area (Å²) in [5, 5.41) is 0. The van der Waals surface area contributed by atoms with Gasteiger partial charge in [-0.05, 0) is 19.3 Å². The highest BCUT2D eigenvalue weighted by Gasteiger charge is 2.11. The summed E-state index contributed by atoms with van der Waals surface area (Å²) >= 11 is 0. The minimum absolute atomic E-state index is 0.394. The van der Waals surface area contributed by atoms with Gasteiger partial charge in [-0.15, -0.1) is 0 Å². The van der Waals surface area contributed by atoms with Gasteiger partial charge in [0.1, 0.15) is 11.6 Å². The fourth-order valence-corrected chi connectivity index (χ4v) is 1.71. The summed E-state index contributed by atoms with van der Waals surface area (Å²) in [6.45, 7) is 8.35. The van der Waals surface area contributed by atoms with Crippen molar-refractivity contribution in [2.45, 2.75) is 46.5 Å². The Labute approximate surface area is 85.8 Å². The van der Waals surface area contributed by atoms with Crippen LogP contribution in [0.3, 0.4) is 0 Å². The van der Waals surface area contributed by atoms with Gasteiger partial charge in [-0.2, -0.15) is 0 Å². The number of hydrogen-bond acceptors (Lipinski definition) is 3. The predicted octanol–water partition coefficient (Wildman–Crippen LogP) is 2.44. The standard InChI is InChI=1S/C11H19N3/c1-5-6-9-13-8(4)10(7(2)3)11(12)14-9/h7H,5-6H2,1-4H3,(H2,12,13,14). The van der Waals surface area contributed by atoms with Crippen LogP contribution in [0.15, 0.2) is 0 Å². The highest BCUT2D eigenvalue weighted by molar-refractivity contribution is 5.44. The Kier molecular flexibility index (Phi) is 3.44. The van der Waals surface area contributed by atoms with E-state index >= 15 is 0 Å². The van der Waals surface area contributed by atoms with E-state index in [2.05, 4.69) is 30.7 Å². The van der Waals surface area contributed by atoms with Gasteiger partial charge >= 0.3 is 0 Å². The SMILES string of the molecule is CCCc1nc(C)c(C(C)C)c(N)n1. The summed E-state index contributed by atoms with van der Waals surface area (Å²) < 4.78 is 0. The first kappa shape index (κ1) is 11.0. The molecule has 1 heterocycles. The molecule has 0 radical (unpaired) electrons. The summed E-state index contributed by atoms with van der Waals surface area (Å²) in [4.78, 5) is 8.77. The van der Waals surface area contributed by atoms with Crippen LogP contribution in [0.25, 0.3) is 0 Å². The Morgan fingerprint density at radius 3 is 2.36 bits per heavy atom. The largest absolute Gasteiger partial charge is 0.383 e. The molecule has 0 bridgehead atoms. The number of nitrogens with two attached hydrogens (primary N) is 1. The molecule has 0 amide bonds. The maximum Gasteiger partial charge on any atom is 0.130 e. The average molecular weight is 193 g/mol. The van der Waals surface area contributed by atoms with E-state index in [1.54, 1.807) is 0 Å². The van der Waals surface area contributed by atoms with Crippen molar-refractivity contribution in [3.05, 3.63) is 17.1 Å². The van der Waals surface area contributed by atoms with Crippen LogP contribution in [0.2, 0.25) is 0 Å². The smallest absolute Gasteiger partial charge is 0.130 e. The van der Waals surface area contributed by atoms with Gasteiger partial charge in [-0.3, -0.25) is 0 Å². The van der Waals surface area contributed by atoms with Crippen LogP contribution < -0.4 is 5.73 Å². The molecule has 1 aromatic heterocycles. The number of aromatic nitrogens is 2. The Balaban J connectivity index is 3.11. The molecule has 0 aliphatic rings. The molecule has 0 aliphatic carbocycles. The second-order valence-electron chi connectivity index (χ2n) is 3.93. The number of rotatable bonds is 3. The lowest BCUT2D eigenvalue weighted by Crippen LogP contribution is -2.08. The molecule has 3 nitrogen and oxygen atoms in total. The van der Waals surface area contributed by atoms with Crippen LogP contribution in [0.1, 0.15) is 50.2 Å². The van der Waals surface area contributed by atoms with Crippen molar-refractivity contribution in [1.82, 2.24) is 9.97 Å². The van der Waals surface area contributed by atoms with Crippen LogP contribution in [0, 0.1) is 6.92 Å². The summed E-state index contributed by atoms with van der Waals surface area (Å²) in [6.07, 6.45) is 1.96. The molecule has 2 N–H and O–H groups in total. The quantitative estimate of drug-likeness (QED) is 0.802. The molecule has 14 heavy (non-hydrogen) atoms. The summed E-state index contributed by atoms with van der Waals surface area (Å²) in [6, 6.07) is 0. The van der Waals surface area contributed by atoms with E-state index in [0.29, 0.717) is 11.7 Å². The number of hydrogen-bond donors (Lipinski definition) is 1. The molecular weight excluding hydrogens is 174 g/mol. The van der Waals surface area contributed by atoms with E-state index < -0.39 is 0 Å². The first-order valence-corrected chi connectivity index (χ1v) is 5.19. The van der Waals surface area contributed by atoms with Crippen LogP contribution in [0.4, 0.5) is 5.82 Å². The van der Waals surface area contributed by atoms with Crippen molar-refractivity contribution >= 4 is 5.82 Å². The Morgan fingerprint density at radius 1 is 1.29 bits per heavy atom. The lowest BCUT2D eigenvalue weighted by atomic mass is 10.0. The third kappa shape index (κ3) is 2.22. The monoisotopic (exact) mass is 193 g/mol. The molecule has 1 rings (SSSR count). The lowest BCUT2D eigenvalue weighted by molar-refractivity contribution is 0.786. The van der Waals surface area contributed by atoms with Gasteiger partial charge < -0.3 is 5.73 Å². The first-order chi connectivity index (χ1) is 6.56. The molecule has 0 saturated carbocycles. The highest BCUT2D eigenvalue weighted by Crippen LogP contribution is 2.22. The van der Waals surface area contributed by atoms with E-state index in [4.69, 9.17) is 5.73 Å². The van der Waals surface area contributed by atoms with E-state index in [9.17, 15) is 0 Å². The number of aryl methyl sites for hydroxylation is 2. The van der Waals surface area contributed by atoms with E-state index in [1.165, 1.54) is 0 Å². The number of nitrogens with zero attached hydrogens (tertiary/aromatic N) is 2. The summed E-state index contributed by atoms with van der Waals surface area (Å²) in [5.41, 5.74) is 8.01. The van der Waals surface area contributed by atoms with Crippen molar-refractivity contribution in [1.29, 1.82) is 0 Å². The molecule has 0 aliphatic heterocycles. The Bertz CT molecular complexity index is 295. The molecular formula is C11H19N3. The van der Waals surface area contributed by atoms with Crippen LogP contribution in [0.5, 0.6) is 0 Å². The van der Waals surface area contributed by atoms with Gasteiger partial charge in [0.05, 0.1) is 0 Å². The zero-order valence-electron chi connectivity index (χ0n) is 9.46. The van der Waals surface area contributed by atoms with E-state index in [1.807, 2.05) is 6.92 Å². The maximum absolute atomic E-state index is 5.90. The highest BCUT2D eigenvalue weighted by atomic mass is 15.0. The lowest BCUT2D eigenvalue weighted by Gasteiger charge is -2.12. The molecule has 0 unspecified atom stereocenters.